The molecule has 0 bridgehead atoms. The van der Waals surface area contributed by atoms with Crippen LogP contribution in [0, 0.1) is 5.92 Å². The average Bonchev–Trinajstić information content (AvgIpc) is 2.71. The fourth-order valence-corrected chi connectivity index (χ4v) is 2.98. The van der Waals surface area contributed by atoms with Crippen LogP contribution in [0.2, 0.25) is 0 Å². The highest BCUT2D eigenvalue weighted by Crippen LogP contribution is 2.18. The van der Waals surface area contributed by atoms with Crippen molar-refractivity contribution in [1.82, 2.24) is 15.1 Å². The van der Waals surface area contributed by atoms with Crippen molar-refractivity contribution in [3.8, 4) is 0 Å². The molecule has 2 saturated heterocycles. The molecule has 0 aromatic heterocycles. The van der Waals surface area contributed by atoms with Crippen molar-refractivity contribution in [2.75, 3.05) is 33.2 Å². The first-order valence-electron chi connectivity index (χ1n) is 7.36. The van der Waals surface area contributed by atoms with E-state index in [1.165, 1.54) is 5.57 Å². The number of amides is 2. The molecule has 112 valence electrons. The molecule has 2 aliphatic rings. The third-order valence-electron chi connectivity index (χ3n) is 4.14. The predicted octanol–water partition coefficient (Wildman–Crippen LogP) is 0.621. The van der Waals surface area contributed by atoms with E-state index in [2.05, 4.69) is 16.8 Å². The first-order valence-corrected chi connectivity index (χ1v) is 7.36. The summed E-state index contributed by atoms with van der Waals surface area (Å²) < 4.78 is 0. The van der Waals surface area contributed by atoms with Crippen LogP contribution in [0.25, 0.3) is 0 Å². The smallest absolute Gasteiger partial charge is 0.225 e. The van der Waals surface area contributed by atoms with Crippen LogP contribution >= 0.6 is 0 Å². The molecule has 2 fully saturated rings. The second kappa shape index (κ2) is 6.39. The van der Waals surface area contributed by atoms with Gasteiger partial charge in [0.1, 0.15) is 0 Å². The summed E-state index contributed by atoms with van der Waals surface area (Å²) in [5, 5.41) is 3.11. The Hall–Kier alpha value is -1.36. The summed E-state index contributed by atoms with van der Waals surface area (Å²) in [5.74, 6) is -0.0524. The third kappa shape index (κ3) is 3.82. The van der Waals surface area contributed by atoms with Crippen molar-refractivity contribution in [2.45, 2.75) is 32.2 Å². The molecule has 1 unspecified atom stereocenters. The van der Waals surface area contributed by atoms with Gasteiger partial charge in [0.25, 0.3) is 0 Å². The Kier molecular flexibility index (Phi) is 4.81. The zero-order valence-corrected chi connectivity index (χ0v) is 12.5. The van der Waals surface area contributed by atoms with Crippen LogP contribution in [0.4, 0.5) is 0 Å². The lowest BCUT2D eigenvalue weighted by Crippen LogP contribution is -2.46. The van der Waals surface area contributed by atoms with Crippen LogP contribution in [0.3, 0.4) is 0 Å². The molecule has 2 rings (SSSR count). The predicted molar refractivity (Wildman–Crippen MR) is 78.2 cm³/mol. The second-order valence-electron chi connectivity index (χ2n) is 6.19. The van der Waals surface area contributed by atoms with Gasteiger partial charge in [0, 0.05) is 45.7 Å². The number of carbonyl (C=O) groups excluding carboxylic acids is 2. The van der Waals surface area contributed by atoms with E-state index in [0.29, 0.717) is 13.0 Å². The van der Waals surface area contributed by atoms with E-state index in [4.69, 9.17) is 0 Å². The van der Waals surface area contributed by atoms with Crippen molar-refractivity contribution in [1.29, 1.82) is 0 Å². The highest BCUT2D eigenvalue weighted by molar-refractivity contribution is 5.89. The number of nitrogens with one attached hydrogen (secondary N) is 1. The maximum Gasteiger partial charge on any atom is 0.225 e. The monoisotopic (exact) mass is 279 g/mol. The largest absolute Gasteiger partial charge is 0.353 e. The number of hydrogen-bond acceptors (Lipinski definition) is 3. The lowest BCUT2D eigenvalue weighted by molar-refractivity contribution is -0.128. The molecule has 2 heterocycles. The number of rotatable bonds is 4. The van der Waals surface area contributed by atoms with E-state index in [0.717, 1.165) is 32.5 Å². The molecule has 0 spiro atoms. The number of piperidine rings is 1. The molecule has 0 radical (unpaired) electrons. The van der Waals surface area contributed by atoms with Crippen LogP contribution in [0.5, 0.6) is 0 Å². The Balaban J connectivity index is 1.74. The first kappa shape index (κ1) is 15.0. The van der Waals surface area contributed by atoms with Gasteiger partial charge in [-0.3, -0.25) is 14.5 Å². The van der Waals surface area contributed by atoms with Crippen molar-refractivity contribution in [2.24, 2.45) is 5.92 Å². The SMILES string of the molecule is C=C(C)CN1CCC(NC(=O)C2CC(=O)N(C)C2)CC1. The summed E-state index contributed by atoms with van der Waals surface area (Å²) in [6, 6.07) is 0.255. The molecule has 0 aromatic carbocycles. The molecule has 2 aliphatic heterocycles. The van der Waals surface area contributed by atoms with Gasteiger partial charge in [0.05, 0.1) is 5.92 Å². The van der Waals surface area contributed by atoms with Gasteiger partial charge in [0.2, 0.25) is 11.8 Å². The number of likely N-dealkylation sites (tertiary alicyclic amines) is 2. The fourth-order valence-electron chi connectivity index (χ4n) is 2.98. The zero-order valence-electron chi connectivity index (χ0n) is 12.5. The van der Waals surface area contributed by atoms with E-state index >= 15 is 0 Å². The van der Waals surface area contributed by atoms with E-state index in [9.17, 15) is 9.59 Å². The van der Waals surface area contributed by atoms with Crippen LogP contribution in [0.1, 0.15) is 26.2 Å². The molecule has 5 nitrogen and oxygen atoms in total. The van der Waals surface area contributed by atoms with Crippen molar-refractivity contribution in [3.05, 3.63) is 12.2 Å². The highest BCUT2D eigenvalue weighted by Gasteiger charge is 2.33. The molecular weight excluding hydrogens is 254 g/mol. The second-order valence-corrected chi connectivity index (χ2v) is 6.19. The van der Waals surface area contributed by atoms with Gasteiger partial charge in [-0.05, 0) is 19.8 Å². The Morgan fingerprint density at radius 1 is 1.40 bits per heavy atom. The molecule has 0 aliphatic carbocycles. The maximum atomic E-state index is 12.1. The molecular formula is C15H25N3O2. The molecule has 0 saturated carbocycles. The molecule has 20 heavy (non-hydrogen) atoms. The topological polar surface area (TPSA) is 52.7 Å². The van der Waals surface area contributed by atoms with Gasteiger partial charge in [-0.15, -0.1) is 0 Å². The Labute approximate surface area is 121 Å². The average molecular weight is 279 g/mol. The van der Waals surface area contributed by atoms with Crippen LogP contribution in [-0.2, 0) is 9.59 Å². The van der Waals surface area contributed by atoms with Gasteiger partial charge in [-0.1, -0.05) is 12.2 Å². The minimum Gasteiger partial charge on any atom is -0.353 e. The molecule has 1 N–H and O–H groups in total. The Morgan fingerprint density at radius 2 is 2.05 bits per heavy atom. The molecule has 0 aromatic rings. The summed E-state index contributed by atoms with van der Waals surface area (Å²) in [5.41, 5.74) is 1.18. The van der Waals surface area contributed by atoms with Crippen LogP contribution in [-0.4, -0.2) is 60.9 Å². The molecule has 2 amide bonds. The first-order chi connectivity index (χ1) is 9.45. The van der Waals surface area contributed by atoms with Crippen molar-refractivity contribution >= 4 is 11.8 Å². The summed E-state index contributed by atoms with van der Waals surface area (Å²) >= 11 is 0. The summed E-state index contributed by atoms with van der Waals surface area (Å²) in [6.45, 7) is 9.48. The van der Waals surface area contributed by atoms with E-state index in [1.807, 2.05) is 6.92 Å². The van der Waals surface area contributed by atoms with E-state index in [1.54, 1.807) is 11.9 Å². The highest BCUT2D eigenvalue weighted by atomic mass is 16.2. The summed E-state index contributed by atoms with van der Waals surface area (Å²) in [4.78, 5) is 27.6. The summed E-state index contributed by atoms with van der Waals surface area (Å²) in [7, 11) is 1.76. The minimum atomic E-state index is -0.166. The van der Waals surface area contributed by atoms with Crippen molar-refractivity contribution in [3.63, 3.8) is 0 Å². The van der Waals surface area contributed by atoms with Gasteiger partial charge >= 0.3 is 0 Å². The fraction of sp³-hybridized carbons (Fsp3) is 0.733. The van der Waals surface area contributed by atoms with Gasteiger partial charge < -0.3 is 10.2 Å². The maximum absolute atomic E-state index is 12.1. The molecule has 5 heteroatoms. The van der Waals surface area contributed by atoms with E-state index in [-0.39, 0.29) is 23.8 Å². The normalized spacial score (nSPS) is 25.0. The quantitative estimate of drug-likeness (QED) is 0.768. The molecule has 1 atom stereocenters. The lowest BCUT2D eigenvalue weighted by Gasteiger charge is -2.32. The number of carbonyl (C=O) groups is 2. The van der Waals surface area contributed by atoms with Gasteiger partial charge in [0.15, 0.2) is 0 Å². The zero-order chi connectivity index (χ0) is 14.7. The van der Waals surface area contributed by atoms with Gasteiger partial charge in [-0.2, -0.15) is 0 Å². The van der Waals surface area contributed by atoms with E-state index < -0.39 is 0 Å². The van der Waals surface area contributed by atoms with Crippen LogP contribution in [0.15, 0.2) is 12.2 Å². The Morgan fingerprint density at radius 3 is 2.55 bits per heavy atom. The Bertz CT molecular complexity index is 400. The number of hydrogen-bond donors (Lipinski definition) is 1. The van der Waals surface area contributed by atoms with Crippen LogP contribution < -0.4 is 5.32 Å². The van der Waals surface area contributed by atoms with Gasteiger partial charge in [-0.25, -0.2) is 0 Å². The number of nitrogens with zero attached hydrogens (tertiary/aromatic N) is 2. The minimum absolute atomic E-state index is 0.0426. The van der Waals surface area contributed by atoms with Crippen molar-refractivity contribution < 1.29 is 9.59 Å². The lowest BCUT2D eigenvalue weighted by atomic mass is 10.0. The third-order valence-corrected chi connectivity index (χ3v) is 4.14. The standard InChI is InChI=1S/C15H25N3O2/c1-11(2)9-18-6-4-13(5-7-18)16-15(20)12-8-14(19)17(3)10-12/h12-13H,1,4-10H2,2-3H3,(H,16,20). The summed E-state index contributed by atoms with van der Waals surface area (Å²) in [6.07, 6.45) is 2.32.